The summed E-state index contributed by atoms with van der Waals surface area (Å²) in [5, 5.41) is 0. The number of hydrogen-bond donors (Lipinski definition) is 0. The molecule has 0 amide bonds. The van der Waals surface area contributed by atoms with Gasteiger partial charge in [-0.2, -0.15) is 0 Å². The molecule has 1 nitrogen and oxygen atoms in total. The van der Waals surface area contributed by atoms with Gasteiger partial charge >= 0.3 is 0 Å². The van der Waals surface area contributed by atoms with Crippen molar-refractivity contribution in [3.05, 3.63) is 0 Å². The fourth-order valence-electron chi connectivity index (χ4n) is 3.26. The quantitative estimate of drug-likeness (QED) is 0.627. The number of methoxy groups -OCH3 is 1. The minimum Gasteiger partial charge on any atom is -0.378 e. The van der Waals surface area contributed by atoms with Crippen LogP contribution < -0.4 is 0 Å². The predicted octanol–water partition coefficient (Wildman–Crippen LogP) is 4.31. The van der Waals surface area contributed by atoms with Crippen molar-refractivity contribution in [2.24, 2.45) is 5.92 Å². The Hall–Kier alpha value is -0.0400. The highest BCUT2D eigenvalue weighted by Crippen LogP contribution is 2.52. The van der Waals surface area contributed by atoms with E-state index in [9.17, 15) is 0 Å². The van der Waals surface area contributed by atoms with Crippen LogP contribution in [0.15, 0.2) is 0 Å². The lowest BCUT2D eigenvalue weighted by Gasteiger charge is -2.16. The van der Waals surface area contributed by atoms with E-state index in [1.807, 2.05) is 7.11 Å². The van der Waals surface area contributed by atoms with Crippen LogP contribution in [-0.2, 0) is 4.74 Å². The smallest absolute Gasteiger partial charge is 0.0711 e. The van der Waals surface area contributed by atoms with E-state index in [0.717, 1.165) is 5.92 Å². The Bertz CT molecular complexity index is 190. The van der Waals surface area contributed by atoms with Crippen LogP contribution in [0.25, 0.3) is 0 Å². The molecule has 2 saturated carbocycles. The summed E-state index contributed by atoms with van der Waals surface area (Å²) in [7, 11) is 1.92. The van der Waals surface area contributed by atoms with E-state index in [1.54, 1.807) is 0 Å². The average Bonchev–Trinajstić information content (AvgIpc) is 2.93. The zero-order valence-corrected chi connectivity index (χ0v) is 10.3. The molecule has 88 valence electrons. The van der Waals surface area contributed by atoms with Crippen LogP contribution in [0.3, 0.4) is 0 Å². The Morgan fingerprint density at radius 2 is 1.47 bits per heavy atom. The highest BCUT2D eigenvalue weighted by molar-refractivity contribution is 5.04. The molecule has 0 heterocycles. The van der Waals surface area contributed by atoms with E-state index < -0.39 is 0 Å². The SMILES string of the molecule is COC12CCCCCCCCCCC1C2. The van der Waals surface area contributed by atoms with Gasteiger partial charge in [0.2, 0.25) is 0 Å². The van der Waals surface area contributed by atoms with Crippen LogP contribution in [0.5, 0.6) is 0 Å². The molecule has 2 aliphatic rings. The van der Waals surface area contributed by atoms with Crippen molar-refractivity contribution >= 4 is 0 Å². The van der Waals surface area contributed by atoms with E-state index in [2.05, 4.69) is 0 Å². The van der Waals surface area contributed by atoms with Gasteiger partial charge in [-0.15, -0.1) is 0 Å². The third-order valence-corrected chi connectivity index (χ3v) is 4.48. The van der Waals surface area contributed by atoms with Crippen LogP contribution in [0, 0.1) is 5.92 Å². The van der Waals surface area contributed by atoms with Gasteiger partial charge < -0.3 is 4.74 Å². The molecule has 0 aliphatic heterocycles. The second-order valence-corrected chi connectivity index (χ2v) is 5.54. The lowest BCUT2D eigenvalue weighted by atomic mass is 9.99. The number of hydrogen-bond acceptors (Lipinski definition) is 1. The van der Waals surface area contributed by atoms with Crippen molar-refractivity contribution in [3.63, 3.8) is 0 Å². The fraction of sp³-hybridized carbons (Fsp3) is 1.00. The summed E-state index contributed by atoms with van der Waals surface area (Å²) in [5.41, 5.74) is 0.333. The Morgan fingerprint density at radius 1 is 0.867 bits per heavy atom. The molecule has 0 aromatic rings. The third kappa shape index (κ3) is 2.96. The van der Waals surface area contributed by atoms with Gasteiger partial charge in [0, 0.05) is 7.11 Å². The largest absolute Gasteiger partial charge is 0.378 e. The van der Waals surface area contributed by atoms with Gasteiger partial charge in [0.25, 0.3) is 0 Å². The Kier molecular flexibility index (Phi) is 4.07. The second kappa shape index (κ2) is 5.34. The minimum atomic E-state index is 0.333. The summed E-state index contributed by atoms with van der Waals surface area (Å²) in [6, 6.07) is 0. The van der Waals surface area contributed by atoms with E-state index >= 15 is 0 Å². The molecule has 0 N–H and O–H groups in total. The van der Waals surface area contributed by atoms with Crippen molar-refractivity contribution in [2.75, 3.05) is 7.11 Å². The lowest BCUT2D eigenvalue weighted by molar-refractivity contribution is 0.0537. The van der Waals surface area contributed by atoms with Gasteiger partial charge in [-0.25, -0.2) is 0 Å². The molecule has 2 unspecified atom stereocenters. The summed E-state index contributed by atoms with van der Waals surface area (Å²) in [5.74, 6) is 0.905. The average molecular weight is 210 g/mol. The maximum Gasteiger partial charge on any atom is 0.0711 e. The van der Waals surface area contributed by atoms with Crippen LogP contribution in [0.4, 0.5) is 0 Å². The maximum absolute atomic E-state index is 5.76. The first-order valence-electron chi connectivity index (χ1n) is 6.92. The van der Waals surface area contributed by atoms with Crippen molar-refractivity contribution in [1.29, 1.82) is 0 Å². The standard InChI is InChI=1S/C14H26O/c1-15-14-11-9-7-5-3-2-4-6-8-10-13(14)12-14/h13H,2-12H2,1H3. The lowest BCUT2D eigenvalue weighted by Crippen LogP contribution is -2.15. The normalized spacial score (nSPS) is 38.6. The molecule has 0 bridgehead atoms. The Morgan fingerprint density at radius 3 is 2.13 bits per heavy atom. The summed E-state index contributed by atoms with van der Waals surface area (Å²) < 4.78 is 5.76. The van der Waals surface area contributed by atoms with Crippen LogP contribution in [-0.4, -0.2) is 12.7 Å². The monoisotopic (exact) mass is 210 g/mol. The third-order valence-electron chi connectivity index (χ3n) is 4.48. The molecule has 0 spiro atoms. The zero-order valence-electron chi connectivity index (χ0n) is 10.3. The summed E-state index contributed by atoms with van der Waals surface area (Å²) in [6.45, 7) is 0. The van der Waals surface area contributed by atoms with Crippen LogP contribution in [0.1, 0.15) is 70.6 Å². The number of ether oxygens (including phenoxy) is 1. The van der Waals surface area contributed by atoms with E-state index in [-0.39, 0.29) is 0 Å². The van der Waals surface area contributed by atoms with Crippen LogP contribution >= 0.6 is 0 Å². The Labute approximate surface area is 94.6 Å². The molecule has 0 aromatic heterocycles. The van der Waals surface area contributed by atoms with Gasteiger partial charge in [0.05, 0.1) is 5.60 Å². The molecule has 0 aromatic carbocycles. The number of fused-ring (bicyclic) bond motifs is 1. The van der Waals surface area contributed by atoms with Gasteiger partial charge in [-0.3, -0.25) is 0 Å². The first kappa shape index (κ1) is 11.4. The summed E-state index contributed by atoms with van der Waals surface area (Å²) in [6.07, 6.45) is 15.7. The maximum atomic E-state index is 5.76. The van der Waals surface area contributed by atoms with Crippen molar-refractivity contribution in [2.45, 2.75) is 76.2 Å². The minimum absolute atomic E-state index is 0.333. The molecular weight excluding hydrogens is 184 g/mol. The van der Waals surface area contributed by atoms with E-state index in [4.69, 9.17) is 4.74 Å². The highest BCUT2D eigenvalue weighted by Gasteiger charge is 2.53. The fourth-order valence-corrected chi connectivity index (χ4v) is 3.26. The van der Waals surface area contributed by atoms with Crippen molar-refractivity contribution in [1.82, 2.24) is 0 Å². The van der Waals surface area contributed by atoms with Crippen molar-refractivity contribution < 1.29 is 4.74 Å². The first-order valence-corrected chi connectivity index (χ1v) is 6.92. The van der Waals surface area contributed by atoms with E-state index in [1.165, 1.54) is 70.6 Å². The molecular formula is C14H26O. The molecule has 0 radical (unpaired) electrons. The van der Waals surface area contributed by atoms with Gasteiger partial charge in [-0.05, 0) is 25.2 Å². The molecule has 2 aliphatic carbocycles. The molecule has 2 fully saturated rings. The van der Waals surface area contributed by atoms with Crippen LogP contribution in [0.2, 0.25) is 0 Å². The predicted molar refractivity (Wildman–Crippen MR) is 64.0 cm³/mol. The summed E-state index contributed by atoms with van der Waals surface area (Å²) >= 11 is 0. The van der Waals surface area contributed by atoms with Gasteiger partial charge in [0.15, 0.2) is 0 Å². The Balaban J connectivity index is 1.79. The topological polar surface area (TPSA) is 9.23 Å². The van der Waals surface area contributed by atoms with Crippen molar-refractivity contribution in [3.8, 4) is 0 Å². The molecule has 2 atom stereocenters. The first-order chi connectivity index (χ1) is 7.37. The van der Waals surface area contributed by atoms with Gasteiger partial charge in [0.1, 0.15) is 0 Å². The molecule has 15 heavy (non-hydrogen) atoms. The summed E-state index contributed by atoms with van der Waals surface area (Å²) in [4.78, 5) is 0. The zero-order chi connectivity index (χ0) is 10.6. The molecule has 2 rings (SSSR count). The van der Waals surface area contributed by atoms with Gasteiger partial charge in [-0.1, -0.05) is 51.4 Å². The van der Waals surface area contributed by atoms with E-state index in [0.29, 0.717) is 5.60 Å². The molecule has 0 saturated heterocycles. The molecule has 1 heteroatoms. The highest BCUT2D eigenvalue weighted by atomic mass is 16.5. The number of rotatable bonds is 1. The second-order valence-electron chi connectivity index (χ2n) is 5.54.